The maximum absolute atomic E-state index is 12.2. The van der Waals surface area contributed by atoms with Crippen LogP contribution in [0.3, 0.4) is 0 Å². The van der Waals surface area contributed by atoms with Crippen molar-refractivity contribution in [3.05, 3.63) is 35.6 Å². The number of rotatable bonds is 3. The Kier molecular flexibility index (Phi) is 3.11. The summed E-state index contributed by atoms with van der Waals surface area (Å²) in [6.07, 6.45) is 1.65. The fourth-order valence-electron chi connectivity index (χ4n) is 1.90. The molecule has 0 atom stereocenters. The fraction of sp³-hybridized carbons (Fsp3) is 0.154. The first-order chi connectivity index (χ1) is 9.67. The first kappa shape index (κ1) is 12.6. The van der Waals surface area contributed by atoms with Gasteiger partial charge in [0.1, 0.15) is 0 Å². The third-order valence-corrected chi connectivity index (χ3v) is 3.71. The Bertz CT molecular complexity index is 776. The van der Waals surface area contributed by atoms with Crippen molar-refractivity contribution in [2.24, 2.45) is 0 Å². The van der Waals surface area contributed by atoms with Gasteiger partial charge in [-0.05, 0) is 25.1 Å². The number of carbonyl (C=O) groups is 1. The summed E-state index contributed by atoms with van der Waals surface area (Å²) < 4.78 is 2.66. The lowest BCUT2D eigenvalue weighted by Gasteiger charge is -2.03. The Morgan fingerprint density at radius 1 is 1.50 bits per heavy atom. The number of nitrogens with one attached hydrogen (secondary N) is 1. The molecule has 0 aliphatic heterocycles. The van der Waals surface area contributed by atoms with Crippen LogP contribution < -0.4 is 11.1 Å². The van der Waals surface area contributed by atoms with Crippen LogP contribution in [0.2, 0.25) is 0 Å². The molecule has 0 bridgehead atoms. The molecule has 3 N–H and O–H groups in total. The lowest BCUT2D eigenvalue weighted by molar-refractivity contribution is 0.102. The number of aromatic nitrogens is 3. The lowest BCUT2D eigenvalue weighted by atomic mass is 10.3. The van der Waals surface area contributed by atoms with Crippen molar-refractivity contribution in [1.82, 2.24) is 14.8 Å². The number of fused-ring (bicyclic) bond motifs is 1. The minimum absolute atomic E-state index is 0.247. The third kappa shape index (κ3) is 2.23. The first-order valence-electron chi connectivity index (χ1n) is 6.15. The smallest absolute Gasteiger partial charge is 0.278 e. The molecule has 20 heavy (non-hydrogen) atoms. The maximum atomic E-state index is 12.2. The van der Waals surface area contributed by atoms with Crippen molar-refractivity contribution in [2.45, 2.75) is 13.5 Å². The standard InChI is InChI=1S/C13H13N5OS/c1-2-18-6-9(14)12(17-18)13(19)16-8-3-4-10-11(5-8)20-7-15-10/h3-7H,2,14H2,1H3,(H,16,19). The molecule has 0 fully saturated rings. The topological polar surface area (TPSA) is 85.8 Å². The van der Waals surface area contributed by atoms with E-state index in [1.165, 1.54) is 11.3 Å². The van der Waals surface area contributed by atoms with Crippen molar-refractivity contribution in [3.8, 4) is 0 Å². The SMILES string of the molecule is CCn1cc(N)c(C(=O)Nc2ccc3ncsc3c2)n1. The number of nitrogen functional groups attached to an aromatic ring is 1. The van der Waals surface area contributed by atoms with Crippen LogP contribution in [0.25, 0.3) is 10.2 Å². The van der Waals surface area contributed by atoms with Gasteiger partial charge in [-0.25, -0.2) is 4.98 Å². The van der Waals surface area contributed by atoms with Gasteiger partial charge in [-0.15, -0.1) is 11.3 Å². The highest BCUT2D eigenvalue weighted by Gasteiger charge is 2.15. The molecule has 3 rings (SSSR count). The Balaban J connectivity index is 1.85. The number of amides is 1. The molecule has 0 unspecified atom stereocenters. The van der Waals surface area contributed by atoms with Crippen LogP contribution in [0.1, 0.15) is 17.4 Å². The minimum Gasteiger partial charge on any atom is -0.396 e. The molecule has 1 amide bonds. The summed E-state index contributed by atoms with van der Waals surface area (Å²) in [7, 11) is 0. The second-order valence-electron chi connectivity index (χ2n) is 4.28. The number of nitrogens with two attached hydrogens (primary N) is 1. The third-order valence-electron chi connectivity index (χ3n) is 2.92. The molecular formula is C13H13N5OS. The van der Waals surface area contributed by atoms with Gasteiger partial charge in [-0.1, -0.05) is 0 Å². The minimum atomic E-state index is -0.307. The maximum Gasteiger partial charge on any atom is 0.278 e. The van der Waals surface area contributed by atoms with Gasteiger partial charge >= 0.3 is 0 Å². The van der Waals surface area contributed by atoms with Crippen LogP contribution in [-0.2, 0) is 6.54 Å². The van der Waals surface area contributed by atoms with E-state index in [-0.39, 0.29) is 11.6 Å². The number of hydrogen-bond acceptors (Lipinski definition) is 5. The second-order valence-corrected chi connectivity index (χ2v) is 5.16. The van der Waals surface area contributed by atoms with Gasteiger partial charge in [0.25, 0.3) is 5.91 Å². The van der Waals surface area contributed by atoms with Crippen molar-refractivity contribution in [3.63, 3.8) is 0 Å². The van der Waals surface area contributed by atoms with E-state index in [0.717, 1.165) is 10.2 Å². The lowest BCUT2D eigenvalue weighted by Crippen LogP contribution is -2.14. The van der Waals surface area contributed by atoms with Crippen LogP contribution in [0.4, 0.5) is 11.4 Å². The van der Waals surface area contributed by atoms with Crippen LogP contribution >= 0.6 is 11.3 Å². The zero-order valence-corrected chi connectivity index (χ0v) is 11.6. The molecule has 7 heteroatoms. The summed E-state index contributed by atoms with van der Waals surface area (Å²) in [5.74, 6) is -0.307. The summed E-state index contributed by atoms with van der Waals surface area (Å²) in [6, 6.07) is 5.57. The number of nitrogens with zero attached hydrogens (tertiary/aromatic N) is 3. The van der Waals surface area contributed by atoms with Gasteiger partial charge < -0.3 is 11.1 Å². The molecule has 0 aliphatic rings. The van der Waals surface area contributed by atoms with E-state index in [2.05, 4.69) is 15.4 Å². The van der Waals surface area contributed by atoms with Crippen LogP contribution in [-0.4, -0.2) is 20.7 Å². The summed E-state index contributed by atoms with van der Waals surface area (Å²) in [6.45, 7) is 2.61. The number of anilines is 2. The zero-order chi connectivity index (χ0) is 14.1. The Morgan fingerprint density at radius 3 is 3.10 bits per heavy atom. The van der Waals surface area contributed by atoms with Crippen molar-refractivity contribution < 1.29 is 4.79 Å². The Labute approximate surface area is 119 Å². The molecule has 0 aliphatic carbocycles. The van der Waals surface area contributed by atoms with Crippen molar-refractivity contribution in [1.29, 1.82) is 0 Å². The molecule has 3 aromatic rings. The highest BCUT2D eigenvalue weighted by molar-refractivity contribution is 7.16. The largest absolute Gasteiger partial charge is 0.396 e. The van der Waals surface area contributed by atoms with E-state index in [9.17, 15) is 4.79 Å². The van der Waals surface area contributed by atoms with E-state index in [1.54, 1.807) is 16.4 Å². The van der Waals surface area contributed by atoms with Crippen molar-refractivity contribution >= 4 is 38.8 Å². The van der Waals surface area contributed by atoms with E-state index < -0.39 is 0 Å². The van der Waals surface area contributed by atoms with Gasteiger partial charge in [0.2, 0.25) is 0 Å². The van der Waals surface area contributed by atoms with Gasteiger partial charge in [-0.2, -0.15) is 5.10 Å². The molecule has 6 nitrogen and oxygen atoms in total. The average molecular weight is 287 g/mol. The van der Waals surface area contributed by atoms with Gasteiger partial charge in [0.15, 0.2) is 5.69 Å². The Hall–Kier alpha value is -2.41. The number of carbonyl (C=O) groups excluding carboxylic acids is 1. The molecule has 2 aromatic heterocycles. The van der Waals surface area contributed by atoms with Crippen LogP contribution in [0.15, 0.2) is 29.9 Å². The van der Waals surface area contributed by atoms with Gasteiger partial charge in [0.05, 0.1) is 21.4 Å². The molecule has 1 aromatic carbocycles. The van der Waals surface area contributed by atoms with E-state index in [0.29, 0.717) is 17.9 Å². The molecule has 0 radical (unpaired) electrons. The highest BCUT2D eigenvalue weighted by atomic mass is 32.1. The Morgan fingerprint density at radius 2 is 2.35 bits per heavy atom. The summed E-state index contributed by atoms with van der Waals surface area (Å²) in [5, 5.41) is 6.95. The van der Waals surface area contributed by atoms with Gasteiger partial charge in [0, 0.05) is 18.4 Å². The molecule has 0 spiro atoms. The molecule has 2 heterocycles. The monoisotopic (exact) mass is 287 g/mol. The zero-order valence-electron chi connectivity index (χ0n) is 10.8. The van der Waals surface area contributed by atoms with E-state index in [4.69, 9.17) is 5.73 Å². The van der Waals surface area contributed by atoms with Gasteiger partial charge in [-0.3, -0.25) is 9.48 Å². The molecule has 0 saturated heterocycles. The van der Waals surface area contributed by atoms with Crippen LogP contribution in [0.5, 0.6) is 0 Å². The summed E-state index contributed by atoms with van der Waals surface area (Å²) in [4.78, 5) is 16.4. The first-order valence-corrected chi connectivity index (χ1v) is 7.03. The summed E-state index contributed by atoms with van der Waals surface area (Å²) >= 11 is 1.53. The number of thiazole rings is 1. The molecular weight excluding hydrogens is 274 g/mol. The van der Waals surface area contributed by atoms with Crippen molar-refractivity contribution in [2.75, 3.05) is 11.1 Å². The van der Waals surface area contributed by atoms with E-state index in [1.807, 2.05) is 25.1 Å². The molecule has 102 valence electrons. The second kappa shape index (κ2) is 4.93. The predicted molar refractivity (Wildman–Crippen MR) is 79.9 cm³/mol. The van der Waals surface area contributed by atoms with E-state index >= 15 is 0 Å². The normalized spacial score (nSPS) is 10.8. The number of benzene rings is 1. The quantitative estimate of drug-likeness (QED) is 0.774. The highest BCUT2D eigenvalue weighted by Crippen LogP contribution is 2.22. The average Bonchev–Trinajstić information content (AvgIpc) is 3.04. The number of hydrogen-bond donors (Lipinski definition) is 2. The predicted octanol–water partition coefficient (Wildman–Crippen LogP) is 2.35. The fourth-order valence-corrected chi connectivity index (χ4v) is 2.61. The number of aryl methyl sites for hydroxylation is 1. The summed E-state index contributed by atoms with van der Waals surface area (Å²) in [5.41, 5.74) is 9.82. The van der Waals surface area contributed by atoms with Crippen LogP contribution in [0, 0.1) is 0 Å². The molecule has 0 saturated carbocycles.